The summed E-state index contributed by atoms with van der Waals surface area (Å²) in [7, 11) is -3.76. The Morgan fingerprint density at radius 2 is 1.55 bits per heavy atom. The first kappa shape index (κ1) is 22.8. The number of hydrogen-bond acceptors (Lipinski definition) is 4. The Hall–Kier alpha value is -2.88. The van der Waals surface area contributed by atoms with E-state index in [1.165, 1.54) is 24.3 Å². The molecule has 0 aliphatic heterocycles. The van der Waals surface area contributed by atoms with Crippen LogP contribution in [0.4, 0.5) is 21.5 Å². The molecule has 6 nitrogen and oxygen atoms in total. The van der Waals surface area contributed by atoms with Crippen molar-refractivity contribution in [2.24, 2.45) is 0 Å². The summed E-state index contributed by atoms with van der Waals surface area (Å²) in [6.07, 6.45) is 0. The fourth-order valence-corrected chi connectivity index (χ4v) is 4.00. The van der Waals surface area contributed by atoms with Gasteiger partial charge in [-0.2, -0.15) is 0 Å². The van der Waals surface area contributed by atoms with Gasteiger partial charge in [0, 0.05) is 17.1 Å². The molecule has 3 N–H and O–H groups in total. The van der Waals surface area contributed by atoms with Crippen LogP contribution in [0.15, 0.2) is 71.6 Å². The van der Waals surface area contributed by atoms with Crippen molar-refractivity contribution in [1.29, 1.82) is 0 Å². The van der Waals surface area contributed by atoms with Crippen LogP contribution in [0.5, 0.6) is 5.75 Å². The molecule has 0 bridgehead atoms. The summed E-state index contributed by atoms with van der Waals surface area (Å²) in [6, 6.07) is 16.9. The van der Waals surface area contributed by atoms with E-state index in [4.69, 9.17) is 28.6 Å². The van der Waals surface area contributed by atoms with Gasteiger partial charge in [-0.3, -0.25) is 4.72 Å². The van der Waals surface area contributed by atoms with E-state index in [2.05, 4.69) is 15.4 Å². The SMILES string of the molecule is CCOc1ccc(NS(=O)(=O)c2ccc(NC(=S)Nc3ccc(Cl)c(F)c3)cc2)cc1. The predicted octanol–water partition coefficient (Wildman–Crippen LogP) is 5.49. The number of halogens is 2. The number of anilines is 3. The monoisotopic (exact) mass is 479 g/mol. The van der Waals surface area contributed by atoms with Gasteiger partial charge in [0.1, 0.15) is 11.6 Å². The van der Waals surface area contributed by atoms with Crippen molar-refractivity contribution in [3.63, 3.8) is 0 Å². The zero-order valence-electron chi connectivity index (χ0n) is 16.4. The van der Waals surface area contributed by atoms with E-state index in [0.29, 0.717) is 29.4 Å². The van der Waals surface area contributed by atoms with E-state index in [1.807, 2.05) is 6.92 Å². The van der Waals surface area contributed by atoms with Crippen LogP contribution < -0.4 is 20.1 Å². The highest BCUT2D eigenvalue weighted by Gasteiger charge is 2.14. The van der Waals surface area contributed by atoms with Crippen LogP contribution in [-0.4, -0.2) is 20.1 Å². The second-order valence-electron chi connectivity index (χ2n) is 6.30. The summed E-state index contributed by atoms with van der Waals surface area (Å²) < 4.78 is 46.6. The first-order valence-electron chi connectivity index (χ1n) is 9.15. The lowest BCUT2D eigenvalue weighted by Crippen LogP contribution is -2.19. The average Bonchev–Trinajstić information content (AvgIpc) is 2.72. The number of hydrogen-bond donors (Lipinski definition) is 3. The van der Waals surface area contributed by atoms with Gasteiger partial charge in [0.05, 0.1) is 16.5 Å². The van der Waals surface area contributed by atoms with E-state index >= 15 is 0 Å². The van der Waals surface area contributed by atoms with Crippen LogP contribution in [0.25, 0.3) is 0 Å². The smallest absolute Gasteiger partial charge is 0.261 e. The van der Waals surface area contributed by atoms with Crippen molar-refractivity contribution in [3.8, 4) is 5.75 Å². The highest BCUT2D eigenvalue weighted by Crippen LogP contribution is 2.22. The number of nitrogens with one attached hydrogen (secondary N) is 3. The Bertz CT molecular complexity index is 1170. The normalized spacial score (nSPS) is 10.9. The lowest BCUT2D eigenvalue weighted by atomic mass is 10.3. The summed E-state index contributed by atoms with van der Waals surface area (Å²) in [5.74, 6) is 0.0934. The van der Waals surface area contributed by atoms with Gasteiger partial charge in [-0.05, 0) is 85.9 Å². The number of ether oxygens (including phenoxy) is 1. The minimum absolute atomic E-state index is 0.0140. The predicted molar refractivity (Wildman–Crippen MR) is 126 cm³/mol. The largest absolute Gasteiger partial charge is 0.494 e. The van der Waals surface area contributed by atoms with Gasteiger partial charge in [0.25, 0.3) is 10.0 Å². The maximum Gasteiger partial charge on any atom is 0.261 e. The molecule has 162 valence electrons. The Morgan fingerprint density at radius 3 is 2.16 bits per heavy atom. The third-order valence-electron chi connectivity index (χ3n) is 4.02. The number of rotatable bonds is 7. The molecule has 0 fully saturated rings. The van der Waals surface area contributed by atoms with Gasteiger partial charge in [0.2, 0.25) is 0 Å². The number of benzene rings is 3. The van der Waals surface area contributed by atoms with E-state index in [1.54, 1.807) is 42.5 Å². The Kier molecular flexibility index (Phi) is 7.32. The van der Waals surface area contributed by atoms with Crippen molar-refractivity contribution >= 4 is 56.0 Å². The standard InChI is InChI=1S/C21H19ClFN3O3S2/c1-2-29-17-8-3-15(4-9-17)26-31(27,28)18-10-5-14(6-11-18)24-21(30)25-16-7-12-19(22)20(23)13-16/h3-13,26H,2H2,1H3,(H2,24,25,30). The molecule has 31 heavy (non-hydrogen) atoms. The van der Waals surface area contributed by atoms with Gasteiger partial charge in [-0.25, -0.2) is 12.8 Å². The van der Waals surface area contributed by atoms with Crippen LogP contribution >= 0.6 is 23.8 Å². The fourth-order valence-electron chi connectivity index (χ4n) is 2.58. The van der Waals surface area contributed by atoms with E-state index < -0.39 is 15.8 Å². The van der Waals surface area contributed by atoms with Crippen LogP contribution in [0.1, 0.15) is 6.92 Å². The molecular weight excluding hydrogens is 461 g/mol. The molecule has 0 amide bonds. The molecule has 0 saturated heterocycles. The van der Waals surface area contributed by atoms with Crippen LogP contribution in [-0.2, 0) is 10.0 Å². The lowest BCUT2D eigenvalue weighted by molar-refractivity contribution is 0.340. The molecule has 3 aromatic rings. The third-order valence-corrected chi connectivity index (χ3v) is 5.93. The summed E-state index contributed by atoms with van der Waals surface area (Å²) in [4.78, 5) is 0.0885. The lowest BCUT2D eigenvalue weighted by Gasteiger charge is -2.12. The van der Waals surface area contributed by atoms with Gasteiger partial charge in [0.15, 0.2) is 5.11 Å². The summed E-state index contributed by atoms with van der Waals surface area (Å²) >= 11 is 10.9. The van der Waals surface area contributed by atoms with Gasteiger partial charge < -0.3 is 15.4 Å². The Balaban J connectivity index is 1.62. The first-order valence-corrected chi connectivity index (χ1v) is 11.4. The fraction of sp³-hybridized carbons (Fsp3) is 0.0952. The van der Waals surface area contributed by atoms with Crippen molar-refractivity contribution in [2.75, 3.05) is 22.0 Å². The van der Waals surface area contributed by atoms with Crippen molar-refractivity contribution < 1.29 is 17.5 Å². The van der Waals surface area contributed by atoms with Gasteiger partial charge in [-0.15, -0.1) is 0 Å². The van der Waals surface area contributed by atoms with Crippen molar-refractivity contribution in [2.45, 2.75) is 11.8 Å². The summed E-state index contributed by atoms with van der Waals surface area (Å²) in [6.45, 7) is 2.40. The number of sulfonamides is 1. The molecule has 0 unspecified atom stereocenters. The van der Waals surface area contributed by atoms with Crippen molar-refractivity contribution in [1.82, 2.24) is 0 Å². The second-order valence-corrected chi connectivity index (χ2v) is 8.79. The molecule has 0 radical (unpaired) electrons. The Morgan fingerprint density at radius 1 is 0.968 bits per heavy atom. The van der Waals surface area contributed by atoms with Gasteiger partial charge in [-0.1, -0.05) is 11.6 Å². The topological polar surface area (TPSA) is 79.5 Å². The zero-order chi connectivity index (χ0) is 22.4. The molecule has 0 aromatic heterocycles. The van der Waals surface area contributed by atoms with Gasteiger partial charge >= 0.3 is 0 Å². The average molecular weight is 480 g/mol. The van der Waals surface area contributed by atoms with E-state index in [0.717, 1.165) is 0 Å². The molecule has 0 atom stereocenters. The molecule has 0 aliphatic carbocycles. The molecule has 3 rings (SSSR count). The van der Waals surface area contributed by atoms with Crippen molar-refractivity contribution in [3.05, 3.63) is 77.6 Å². The minimum atomic E-state index is -3.76. The van der Waals surface area contributed by atoms with Crippen LogP contribution in [0, 0.1) is 5.82 Å². The van der Waals surface area contributed by atoms with E-state index in [9.17, 15) is 12.8 Å². The third kappa shape index (κ3) is 6.30. The highest BCUT2D eigenvalue weighted by atomic mass is 35.5. The van der Waals surface area contributed by atoms with Crippen LogP contribution in [0.2, 0.25) is 5.02 Å². The maximum absolute atomic E-state index is 13.5. The molecule has 10 heteroatoms. The second kappa shape index (κ2) is 9.95. The van der Waals surface area contributed by atoms with E-state index in [-0.39, 0.29) is 15.0 Å². The van der Waals surface area contributed by atoms with Crippen LogP contribution in [0.3, 0.4) is 0 Å². The molecule has 0 heterocycles. The first-order chi connectivity index (χ1) is 14.8. The maximum atomic E-state index is 13.5. The quantitative estimate of drug-likeness (QED) is 0.389. The summed E-state index contributed by atoms with van der Waals surface area (Å²) in [5.41, 5.74) is 1.41. The number of thiocarbonyl (C=S) groups is 1. The molecular formula is C21H19ClFN3O3S2. The zero-order valence-corrected chi connectivity index (χ0v) is 18.7. The molecule has 3 aromatic carbocycles. The Labute approximate surface area is 190 Å². The minimum Gasteiger partial charge on any atom is -0.494 e. The molecule has 0 saturated carbocycles. The summed E-state index contributed by atoms with van der Waals surface area (Å²) in [5, 5.41) is 5.96. The molecule has 0 aliphatic rings. The highest BCUT2D eigenvalue weighted by molar-refractivity contribution is 7.92. The molecule has 0 spiro atoms.